The Morgan fingerprint density at radius 2 is 1.96 bits per heavy atom. The van der Waals surface area contributed by atoms with Gasteiger partial charge < -0.3 is 4.90 Å². The Morgan fingerprint density at radius 1 is 1.20 bits per heavy atom. The lowest BCUT2D eigenvalue weighted by Gasteiger charge is -2.39. The molecule has 0 spiro atoms. The minimum Gasteiger partial charge on any atom is -0.337 e. The number of likely N-dealkylation sites (tertiary alicyclic amines) is 1. The van der Waals surface area contributed by atoms with E-state index in [4.69, 9.17) is 4.98 Å². The molecule has 0 radical (unpaired) electrons. The fraction of sp³-hybridized carbons (Fsp3) is 0.632. The molecule has 1 aliphatic heterocycles. The lowest BCUT2D eigenvalue weighted by Crippen LogP contribution is -2.48. The van der Waals surface area contributed by atoms with Crippen molar-refractivity contribution >= 4 is 39.2 Å². The number of carbonyl (C=O) groups is 1. The van der Waals surface area contributed by atoms with Crippen LogP contribution in [0.1, 0.15) is 55.8 Å². The van der Waals surface area contributed by atoms with Gasteiger partial charge in [-0.2, -0.15) is 0 Å². The van der Waals surface area contributed by atoms with Gasteiger partial charge in [-0.1, -0.05) is 11.8 Å². The van der Waals surface area contributed by atoms with Crippen LogP contribution in [0.4, 0.5) is 0 Å². The van der Waals surface area contributed by atoms with E-state index < -0.39 is 0 Å². The van der Waals surface area contributed by atoms with Gasteiger partial charge in [0.2, 0.25) is 5.91 Å². The van der Waals surface area contributed by atoms with Crippen molar-refractivity contribution in [3.05, 3.63) is 16.3 Å². The molecule has 2 aromatic rings. The van der Waals surface area contributed by atoms with E-state index in [0.29, 0.717) is 17.8 Å². The van der Waals surface area contributed by atoms with Crippen molar-refractivity contribution in [2.24, 2.45) is 0 Å². The lowest BCUT2D eigenvalue weighted by molar-refractivity contribution is -0.134. The summed E-state index contributed by atoms with van der Waals surface area (Å²) in [6, 6.07) is 0.712. The zero-order valence-corrected chi connectivity index (χ0v) is 16.8. The van der Waals surface area contributed by atoms with E-state index in [1.807, 2.05) is 18.3 Å². The molecule has 0 saturated carbocycles. The number of nitrogens with zero attached hydrogens (tertiary/aromatic N) is 3. The summed E-state index contributed by atoms with van der Waals surface area (Å²) in [6.07, 6.45) is 7.00. The minimum absolute atomic E-state index is 0.251. The van der Waals surface area contributed by atoms with Gasteiger partial charge in [0.05, 0.1) is 5.75 Å². The summed E-state index contributed by atoms with van der Waals surface area (Å²) >= 11 is 3.42. The second kappa shape index (κ2) is 6.88. The number of rotatable bonds is 3. The average molecular weight is 376 g/mol. The summed E-state index contributed by atoms with van der Waals surface area (Å²) in [4.78, 5) is 26.9. The largest absolute Gasteiger partial charge is 0.337 e. The van der Waals surface area contributed by atoms with Gasteiger partial charge >= 0.3 is 0 Å². The molecule has 2 atom stereocenters. The highest BCUT2D eigenvalue weighted by molar-refractivity contribution is 8.00. The highest BCUT2D eigenvalue weighted by Crippen LogP contribution is 2.40. The normalized spacial score (nSPS) is 23.2. The number of carbonyl (C=O) groups excluding carboxylic acids is 1. The lowest BCUT2D eigenvalue weighted by atomic mass is 9.98. The Balaban J connectivity index is 1.57. The standard InChI is InChI=1S/C19H25N3OS2/c1-11-6-4-7-12(2)22(11)16(23)10-24-18-17-14-8-5-9-15(14)25-19(17)21-13(3)20-18/h11-12H,4-10H2,1-3H3/t11-,12-/m0/s1. The summed E-state index contributed by atoms with van der Waals surface area (Å²) in [5.74, 6) is 1.54. The van der Waals surface area contributed by atoms with Crippen LogP contribution in [0.5, 0.6) is 0 Å². The SMILES string of the molecule is Cc1nc(SCC(=O)N2[C@@H](C)CCC[C@@H]2C)c2c3c(sc2n1)CCC3. The zero-order chi connectivity index (χ0) is 17.6. The first-order valence-corrected chi connectivity index (χ1v) is 11.1. The van der Waals surface area contributed by atoms with E-state index >= 15 is 0 Å². The molecule has 0 N–H and O–H groups in total. The van der Waals surface area contributed by atoms with E-state index in [9.17, 15) is 4.79 Å². The third kappa shape index (κ3) is 3.19. The molecule has 2 aliphatic rings. The molecule has 4 nitrogen and oxygen atoms in total. The predicted octanol–water partition coefficient (Wildman–Crippen LogP) is 4.37. The molecular formula is C19H25N3OS2. The molecule has 1 saturated heterocycles. The first-order valence-electron chi connectivity index (χ1n) is 9.27. The summed E-state index contributed by atoms with van der Waals surface area (Å²) in [6.45, 7) is 6.30. The molecule has 0 unspecified atom stereocenters. The molecule has 3 heterocycles. The molecule has 1 amide bonds. The Kier molecular flexibility index (Phi) is 4.75. The van der Waals surface area contributed by atoms with Crippen molar-refractivity contribution in [3.8, 4) is 0 Å². The minimum atomic E-state index is 0.251. The fourth-order valence-electron chi connectivity index (χ4n) is 4.29. The highest BCUT2D eigenvalue weighted by Gasteiger charge is 2.29. The molecule has 4 rings (SSSR count). The smallest absolute Gasteiger partial charge is 0.233 e. The van der Waals surface area contributed by atoms with Crippen molar-refractivity contribution < 1.29 is 4.79 Å². The number of piperidine rings is 1. The quantitative estimate of drug-likeness (QED) is 0.590. The third-order valence-corrected chi connectivity index (χ3v) is 7.60. The number of thiophene rings is 1. The average Bonchev–Trinajstić information content (AvgIpc) is 3.12. The Hall–Kier alpha value is -1.14. The van der Waals surface area contributed by atoms with E-state index in [-0.39, 0.29) is 5.91 Å². The Bertz CT molecular complexity index is 807. The van der Waals surface area contributed by atoms with Crippen LogP contribution in [0.15, 0.2) is 5.03 Å². The van der Waals surface area contributed by atoms with Gasteiger partial charge in [-0.15, -0.1) is 11.3 Å². The van der Waals surface area contributed by atoms with Crippen molar-refractivity contribution in [3.63, 3.8) is 0 Å². The van der Waals surface area contributed by atoms with Crippen LogP contribution < -0.4 is 0 Å². The fourth-order valence-corrected chi connectivity index (χ4v) is 6.63. The van der Waals surface area contributed by atoms with Gasteiger partial charge in [-0.05, 0) is 64.9 Å². The second-order valence-electron chi connectivity index (χ2n) is 7.33. The maximum Gasteiger partial charge on any atom is 0.233 e. The molecule has 0 bridgehead atoms. The van der Waals surface area contributed by atoms with Crippen LogP contribution in [0.3, 0.4) is 0 Å². The van der Waals surface area contributed by atoms with Crippen molar-refractivity contribution in [2.75, 3.05) is 5.75 Å². The van der Waals surface area contributed by atoms with Gasteiger partial charge in [-0.3, -0.25) is 4.79 Å². The van der Waals surface area contributed by atoms with Crippen LogP contribution in [0.25, 0.3) is 10.2 Å². The van der Waals surface area contributed by atoms with Crippen LogP contribution in [0, 0.1) is 6.92 Å². The zero-order valence-electron chi connectivity index (χ0n) is 15.2. The van der Waals surface area contributed by atoms with Crippen molar-refractivity contribution in [1.82, 2.24) is 14.9 Å². The number of aryl methyl sites for hydroxylation is 3. The van der Waals surface area contributed by atoms with Crippen LogP contribution in [0.2, 0.25) is 0 Å². The van der Waals surface area contributed by atoms with E-state index in [1.165, 1.54) is 35.1 Å². The molecular weight excluding hydrogens is 350 g/mol. The second-order valence-corrected chi connectivity index (χ2v) is 9.38. The molecule has 2 aromatic heterocycles. The van der Waals surface area contributed by atoms with E-state index in [1.54, 1.807) is 11.8 Å². The summed E-state index contributed by atoms with van der Waals surface area (Å²) in [5.41, 5.74) is 1.44. The van der Waals surface area contributed by atoms with Gasteiger partial charge in [0.15, 0.2) is 0 Å². The van der Waals surface area contributed by atoms with Crippen LogP contribution >= 0.6 is 23.1 Å². The number of fused-ring (bicyclic) bond motifs is 3. The van der Waals surface area contributed by atoms with Crippen LogP contribution in [-0.2, 0) is 17.6 Å². The third-order valence-electron chi connectivity index (χ3n) is 5.46. The number of hydrogen-bond donors (Lipinski definition) is 0. The molecule has 6 heteroatoms. The number of hydrogen-bond acceptors (Lipinski definition) is 5. The molecule has 1 aliphatic carbocycles. The van der Waals surface area contributed by atoms with Gasteiger partial charge in [0.25, 0.3) is 0 Å². The first kappa shape index (κ1) is 17.3. The molecule has 134 valence electrons. The first-order chi connectivity index (χ1) is 12.0. The molecule has 1 fully saturated rings. The Morgan fingerprint density at radius 3 is 2.72 bits per heavy atom. The Labute approximate surface area is 157 Å². The van der Waals surface area contributed by atoms with Crippen molar-refractivity contribution in [2.45, 2.75) is 76.4 Å². The van der Waals surface area contributed by atoms with E-state index in [0.717, 1.165) is 34.9 Å². The summed E-state index contributed by atoms with van der Waals surface area (Å²) in [5, 5.41) is 2.23. The topological polar surface area (TPSA) is 46.1 Å². The maximum absolute atomic E-state index is 12.8. The van der Waals surface area contributed by atoms with Crippen LogP contribution in [-0.4, -0.2) is 38.6 Å². The van der Waals surface area contributed by atoms with Gasteiger partial charge in [0, 0.05) is 22.3 Å². The van der Waals surface area contributed by atoms with Crippen molar-refractivity contribution in [1.29, 1.82) is 0 Å². The van der Waals surface area contributed by atoms with Gasteiger partial charge in [0.1, 0.15) is 15.7 Å². The molecule has 25 heavy (non-hydrogen) atoms. The number of amides is 1. The number of thioether (sulfide) groups is 1. The number of aromatic nitrogens is 2. The summed E-state index contributed by atoms with van der Waals surface area (Å²) < 4.78 is 0. The maximum atomic E-state index is 12.8. The molecule has 0 aromatic carbocycles. The van der Waals surface area contributed by atoms with E-state index in [2.05, 4.69) is 23.7 Å². The van der Waals surface area contributed by atoms with Gasteiger partial charge in [-0.25, -0.2) is 9.97 Å². The predicted molar refractivity (Wildman–Crippen MR) is 105 cm³/mol. The highest BCUT2D eigenvalue weighted by atomic mass is 32.2. The summed E-state index contributed by atoms with van der Waals surface area (Å²) in [7, 11) is 0. The monoisotopic (exact) mass is 375 g/mol.